The zero-order valence-corrected chi connectivity index (χ0v) is 13.1. The Hall–Kier alpha value is -1.32. The number of aromatic nitrogens is 2. The van der Waals surface area contributed by atoms with Crippen molar-refractivity contribution in [1.82, 2.24) is 9.97 Å². The summed E-state index contributed by atoms with van der Waals surface area (Å²) in [5.74, 6) is 5.15. The molecule has 4 fully saturated rings. The highest BCUT2D eigenvalue weighted by molar-refractivity contribution is 5.45. The average Bonchev–Trinajstić information content (AvgIpc) is 2.35. The highest BCUT2D eigenvalue weighted by atomic mass is 15.1. The van der Waals surface area contributed by atoms with E-state index in [9.17, 15) is 0 Å². The predicted molar refractivity (Wildman–Crippen MR) is 84.9 cm³/mol. The second-order valence-corrected chi connectivity index (χ2v) is 7.87. The fourth-order valence-electron chi connectivity index (χ4n) is 5.75. The molecule has 114 valence electrons. The van der Waals surface area contributed by atoms with Crippen LogP contribution in [0.5, 0.6) is 0 Å². The molecule has 1 heterocycles. The fraction of sp³-hybridized carbons (Fsp3) is 0.765. The molecule has 0 saturated heterocycles. The van der Waals surface area contributed by atoms with E-state index in [1.54, 1.807) is 0 Å². The summed E-state index contributed by atoms with van der Waals surface area (Å²) < 4.78 is 0. The lowest BCUT2D eigenvalue weighted by molar-refractivity contribution is -0.0603. The number of anilines is 2. The Kier molecular flexibility index (Phi) is 2.92. The van der Waals surface area contributed by atoms with E-state index < -0.39 is 0 Å². The Bertz CT molecular complexity index is 498. The first-order valence-corrected chi connectivity index (χ1v) is 8.40. The van der Waals surface area contributed by atoms with Crippen LogP contribution in [0.3, 0.4) is 0 Å². The van der Waals surface area contributed by atoms with Crippen LogP contribution in [0.1, 0.15) is 51.3 Å². The van der Waals surface area contributed by atoms with Gasteiger partial charge in [-0.25, -0.2) is 9.97 Å². The van der Waals surface area contributed by atoms with Gasteiger partial charge < -0.3 is 11.1 Å². The molecule has 4 saturated carbocycles. The fourth-order valence-corrected chi connectivity index (χ4v) is 5.75. The van der Waals surface area contributed by atoms with Gasteiger partial charge in [-0.15, -0.1) is 0 Å². The van der Waals surface area contributed by atoms with Crippen molar-refractivity contribution in [1.29, 1.82) is 0 Å². The number of aryl methyl sites for hydroxylation is 1. The quantitative estimate of drug-likeness (QED) is 0.894. The Morgan fingerprint density at radius 3 is 2.24 bits per heavy atom. The van der Waals surface area contributed by atoms with Crippen LogP contribution in [0, 0.1) is 30.1 Å². The first-order chi connectivity index (χ1) is 10.0. The molecular formula is C17H26N4. The van der Waals surface area contributed by atoms with Crippen LogP contribution < -0.4 is 11.1 Å². The van der Waals surface area contributed by atoms with Crippen molar-refractivity contribution >= 4 is 11.6 Å². The molecule has 0 aromatic carbocycles. The minimum Gasteiger partial charge on any atom is -0.384 e. The second-order valence-electron chi connectivity index (χ2n) is 7.87. The topological polar surface area (TPSA) is 63.8 Å². The molecule has 21 heavy (non-hydrogen) atoms. The van der Waals surface area contributed by atoms with Gasteiger partial charge in [0.25, 0.3) is 0 Å². The van der Waals surface area contributed by atoms with Crippen LogP contribution in [0.2, 0.25) is 0 Å². The molecule has 0 amide bonds. The summed E-state index contributed by atoms with van der Waals surface area (Å²) in [6.45, 7) is 4.25. The lowest BCUT2D eigenvalue weighted by Crippen LogP contribution is -2.53. The van der Waals surface area contributed by atoms with E-state index >= 15 is 0 Å². The van der Waals surface area contributed by atoms with Gasteiger partial charge in [0.15, 0.2) is 0 Å². The zero-order chi connectivity index (χ0) is 14.6. The van der Waals surface area contributed by atoms with Gasteiger partial charge in [0, 0.05) is 12.1 Å². The predicted octanol–water partition coefficient (Wildman–Crippen LogP) is 3.38. The van der Waals surface area contributed by atoms with Gasteiger partial charge in [-0.1, -0.05) is 0 Å². The van der Waals surface area contributed by atoms with Crippen molar-refractivity contribution in [3.63, 3.8) is 0 Å². The van der Waals surface area contributed by atoms with E-state index in [4.69, 9.17) is 5.73 Å². The van der Waals surface area contributed by atoms with Crippen LogP contribution in [0.4, 0.5) is 11.6 Å². The van der Waals surface area contributed by atoms with Crippen molar-refractivity contribution in [3.8, 4) is 0 Å². The third kappa shape index (κ3) is 2.29. The Balaban J connectivity index is 1.55. The number of hydrogen-bond donors (Lipinski definition) is 2. The van der Waals surface area contributed by atoms with E-state index in [2.05, 4.69) is 22.2 Å². The van der Waals surface area contributed by atoms with Gasteiger partial charge in [0.2, 0.25) is 0 Å². The van der Waals surface area contributed by atoms with Gasteiger partial charge in [0.05, 0.1) is 0 Å². The lowest BCUT2D eigenvalue weighted by atomic mass is 9.48. The molecule has 4 aliphatic rings. The molecule has 3 N–H and O–H groups in total. The zero-order valence-electron chi connectivity index (χ0n) is 13.1. The summed E-state index contributed by atoms with van der Waals surface area (Å²) in [6, 6.07) is 2.34. The maximum atomic E-state index is 5.85. The first kappa shape index (κ1) is 13.4. The van der Waals surface area contributed by atoms with Crippen LogP contribution in [-0.4, -0.2) is 16.0 Å². The standard InChI is InChI=1S/C17H26N4/c1-10(19-16-6-15(18)20-11(2)21-16)17-7-12-3-13(8-17)5-14(4-12)9-17/h6,10,12-14H,3-5,7-9H2,1-2H3,(H3,18,19,20,21). The summed E-state index contributed by atoms with van der Waals surface area (Å²) in [5.41, 5.74) is 6.34. The Morgan fingerprint density at radius 2 is 1.71 bits per heavy atom. The summed E-state index contributed by atoms with van der Waals surface area (Å²) >= 11 is 0. The van der Waals surface area contributed by atoms with E-state index in [-0.39, 0.29) is 0 Å². The van der Waals surface area contributed by atoms with Crippen LogP contribution >= 0.6 is 0 Å². The summed E-state index contributed by atoms with van der Waals surface area (Å²) in [7, 11) is 0. The minimum atomic E-state index is 0.472. The molecule has 0 radical (unpaired) electrons. The Labute approximate surface area is 126 Å². The van der Waals surface area contributed by atoms with Crippen molar-refractivity contribution in [2.45, 2.75) is 58.4 Å². The van der Waals surface area contributed by atoms with Gasteiger partial charge in [-0.05, 0) is 75.5 Å². The first-order valence-electron chi connectivity index (χ1n) is 8.40. The SMILES string of the molecule is Cc1nc(N)cc(NC(C)C23CC4CC(CC(C4)C2)C3)n1. The number of nitrogens with zero attached hydrogens (tertiary/aromatic N) is 2. The third-order valence-electron chi connectivity index (χ3n) is 6.23. The molecule has 4 nitrogen and oxygen atoms in total. The van der Waals surface area contributed by atoms with Crippen molar-refractivity contribution in [2.75, 3.05) is 11.1 Å². The largest absolute Gasteiger partial charge is 0.384 e. The van der Waals surface area contributed by atoms with Gasteiger partial charge in [-0.3, -0.25) is 0 Å². The van der Waals surface area contributed by atoms with Crippen molar-refractivity contribution in [2.24, 2.45) is 23.2 Å². The van der Waals surface area contributed by atoms with Gasteiger partial charge in [0.1, 0.15) is 17.5 Å². The van der Waals surface area contributed by atoms with E-state index in [1.165, 1.54) is 38.5 Å². The molecule has 5 rings (SSSR count). The number of nitrogen functional groups attached to an aromatic ring is 1. The van der Waals surface area contributed by atoms with Crippen molar-refractivity contribution in [3.05, 3.63) is 11.9 Å². The van der Waals surface area contributed by atoms with Gasteiger partial charge in [-0.2, -0.15) is 0 Å². The van der Waals surface area contributed by atoms with E-state index in [0.29, 0.717) is 17.3 Å². The number of nitrogens with one attached hydrogen (secondary N) is 1. The molecule has 4 aliphatic carbocycles. The summed E-state index contributed by atoms with van der Waals surface area (Å²) in [5, 5.41) is 3.65. The van der Waals surface area contributed by atoms with Crippen molar-refractivity contribution < 1.29 is 0 Å². The highest BCUT2D eigenvalue weighted by Crippen LogP contribution is 2.61. The third-order valence-corrected chi connectivity index (χ3v) is 6.23. The summed E-state index contributed by atoms with van der Waals surface area (Å²) in [6.07, 6.45) is 8.70. The maximum Gasteiger partial charge on any atom is 0.132 e. The molecule has 0 aliphatic heterocycles. The second kappa shape index (κ2) is 4.59. The molecule has 1 aromatic rings. The number of hydrogen-bond acceptors (Lipinski definition) is 4. The lowest BCUT2D eigenvalue weighted by Gasteiger charge is -2.59. The molecule has 1 atom stereocenters. The van der Waals surface area contributed by atoms with E-state index in [1.807, 2.05) is 13.0 Å². The molecule has 1 aromatic heterocycles. The average molecular weight is 286 g/mol. The maximum absolute atomic E-state index is 5.85. The minimum absolute atomic E-state index is 0.472. The van der Waals surface area contributed by atoms with E-state index in [0.717, 1.165) is 29.4 Å². The monoisotopic (exact) mass is 286 g/mol. The smallest absolute Gasteiger partial charge is 0.132 e. The summed E-state index contributed by atoms with van der Waals surface area (Å²) in [4.78, 5) is 8.66. The van der Waals surface area contributed by atoms with Crippen LogP contribution in [-0.2, 0) is 0 Å². The number of nitrogens with two attached hydrogens (primary N) is 1. The normalized spacial score (nSPS) is 38.5. The number of rotatable bonds is 3. The molecular weight excluding hydrogens is 260 g/mol. The molecule has 4 heteroatoms. The van der Waals surface area contributed by atoms with Gasteiger partial charge >= 0.3 is 0 Å². The molecule has 4 bridgehead atoms. The van der Waals surface area contributed by atoms with Crippen LogP contribution in [0.25, 0.3) is 0 Å². The highest BCUT2D eigenvalue weighted by Gasteiger charge is 2.53. The molecule has 0 spiro atoms. The van der Waals surface area contributed by atoms with Crippen LogP contribution in [0.15, 0.2) is 6.07 Å². The Morgan fingerprint density at radius 1 is 1.14 bits per heavy atom. The molecule has 1 unspecified atom stereocenters.